The van der Waals surface area contributed by atoms with Crippen molar-refractivity contribution in [2.75, 3.05) is 11.6 Å². The molecule has 0 aliphatic heterocycles. The molecule has 2 rings (SSSR count). The smallest absolute Gasteiger partial charge is 0.335 e. The Hall–Kier alpha value is -1.89. The first-order valence-electron chi connectivity index (χ1n) is 8.16. The fraction of sp³-hybridized carbons (Fsp3) is 0.529. The molecule has 1 amide bonds. The summed E-state index contributed by atoms with van der Waals surface area (Å²) in [5.74, 6) is -1.51. The molecule has 2 N–H and O–H groups in total. The van der Waals surface area contributed by atoms with Crippen LogP contribution >= 0.6 is 0 Å². The number of amides is 1. The Morgan fingerprint density at radius 3 is 2.17 bits per heavy atom. The molecule has 1 aromatic rings. The van der Waals surface area contributed by atoms with Crippen LogP contribution in [0.1, 0.15) is 55.3 Å². The summed E-state index contributed by atoms with van der Waals surface area (Å²) in [5.41, 5.74) is 0.0493. The number of rotatable bonds is 4. The number of sulfone groups is 1. The number of aromatic carboxylic acids is 1. The Kier molecular flexibility index (Phi) is 5.99. The summed E-state index contributed by atoms with van der Waals surface area (Å²) >= 11 is 0. The summed E-state index contributed by atoms with van der Waals surface area (Å²) in [6.07, 6.45) is 8.07. The zero-order valence-electron chi connectivity index (χ0n) is 13.7. The Morgan fingerprint density at radius 1 is 1.04 bits per heavy atom. The van der Waals surface area contributed by atoms with Crippen LogP contribution in [0.4, 0.5) is 5.69 Å². The SMILES string of the molecule is CS(=O)(=O)c1cc(NC(=O)C2CCCCCCC2)cc(C(=O)O)c1. The van der Waals surface area contributed by atoms with Crippen LogP contribution in [-0.4, -0.2) is 31.7 Å². The third-order valence-corrected chi connectivity index (χ3v) is 5.42. The third-order valence-electron chi connectivity index (χ3n) is 4.33. The molecule has 7 heteroatoms. The van der Waals surface area contributed by atoms with Gasteiger partial charge in [0, 0.05) is 17.9 Å². The van der Waals surface area contributed by atoms with Crippen LogP contribution in [0.5, 0.6) is 0 Å². The minimum Gasteiger partial charge on any atom is -0.478 e. The van der Waals surface area contributed by atoms with E-state index in [2.05, 4.69) is 5.32 Å². The van der Waals surface area contributed by atoms with Crippen LogP contribution in [0.25, 0.3) is 0 Å². The molecular formula is C17H23NO5S. The van der Waals surface area contributed by atoms with Gasteiger partial charge in [-0.1, -0.05) is 32.1 Å². The topological polar surface area (TPSA) is 101 Å². The van der Waals surface area contributed by atoms with E-state index in [1.54, 1.807) is 0 Å². The second kappa shape index (κ2) is 7.79. The average Bonchev–Trinajstić information content (AvgIpc) is 2.45. The molecule has 1 saturated carbocycles. The summed E-state index contributed by atoms with van der Waals surface area (Å²) in [4.78, 5) is 23.5. The molecular weight excluding hydrogens is 330 g/mol. The highest BCUT2D eigenvalue weighted by Crippen LogP contribution is 2.25. The largest absolute Gasteiger partial charge is 0.478 e. The van der Waals surface area contributed by atoms with E-state index in [0.29, 0.717) is 0 Å². The standard InChI is InChI=1S/C17H23NO5S/c1-24(22,23)15-10-13(17(20)21)9-14(11-15)18-16(19)12-7-5-3-2-4-6-8-12/h9-12H,2-8H2,1H3,(H,18,19)(H,20,21). The summed E-state index contributed by atoms with van der Waals surface area (Å²) in [6.45, 7) is 0. The highest BCUT2D eigenvalue weighted by Gasteiger charge is 2.21. The quantitative estimate of drug-likeness (QED) is 0.866. The monoisotopic (exact) mass is 353 g/mol. The van der Waals surface area contributed by atoms with E-state index in [4.69, 9.17) is 5.11 Å². The Bertz CT molecular complexity index is 718. The predicted octanol–water partition coefficient (Wildman–Crippen LogP) is 3.09. The fourth-order valence-corrected chi connectivity index (χ4v) is 3.65. The van der Waals surface area contributed by atoms with Crippen LogP contribution in [-0.2, 0) is 14.6 Å². The molecule has 0 spiro atoms. The van der Waals surface area contributed by atoms with E-state index in [0.717, 1.165) is 50.8 Å². The van der Waals surface area contributed by atoms with Gasteiger partial charge >= 0.3 is 5.97 Å². The Morgan fingerprint density at radius 2 is 1.62 bits per heavy atom. The van der Waals surface area contributed by atoms with Gasteiger partial charge in [-0.3, -0.25) is 4.79 Å². The third kappa shape index (κ3) is 5.06. The molecule has 0 saturated heterocycles. The van der Waals surface area contributed by atoms with E-state index in [9.17, 15) is 18.0 Å². The number of benzene rings is 1. The molecule has 0 aromatic heterocycles. The summed E-state index contributed by atoms with van der Waals surface area (Å²) in [5, 5.41) is 11.8. The number of nitrogens with one attached hydrogen (secondary N) is 1. The van der Waals surface area contributed by atoms with Gasteiger partial charge in [0.15, 0.2) is 9.84 Å². The van der Waals surface area contributed by atoms with Gasteiger partial charge in [0.1, 0.15) is 0 Å². The van der Waals surface area contributed by atoms with E-state index < -0.39 is 15.8 Å². The lowest BCUT2D eigenvalue weighted by Gasteiger charge is -2.19. The summed E-state index contributed by atoms with van der Waals surface area (Å²) < 4.78 is 23.5. The van der Waals surface area contributed by atoms with Crippen molar-refractivity contribution in [1.82, 2.24) is 0 Å². The Labute approximate surface area is 142 Å². The van der Waals surface area contributed by atoms with E-state index in [1.165, 1.54) is 18.6 Å². The van der Waals surface area contributed by atoms with Gasteiger partial charge in [0.2, 0.25) is 5.91 Å². The number of anilines is 1. The molecule has 24 heavy (non-hydrogen) atoms. The zero-order valence-corrected chi connectivity index (χ0v) is 14.6. The zero-order chi connectivity index (χ0) is 17.7. The molecule has 1 aromatic carbocycles. The number of carboxylic acids is 1. The van der Waals surface area contributed by atoms with Crippen LogP contribution < -0.4 is 5.32 Å². The maximum atomic E-state index is 12.5. The van der Waals surface area contributed by atoms with Crippen LogP contribution in [0.3, 0.4) is 0 Å². The maximum Gasteiger partial charge on any atom is 0.335 e. The summed E-state index contributed by atoms with van der Waals surface area (Å²) in [7, 11) is -3.57. The second-order valence-corrected chi connectivity index (χ2v) is 8.37. The lowest BCUT2D eigenvalue weighted by atomic mass is 9.90. The van der Waals surface area contributed by atoms with Gasteiger partial charge in [-0.15, -0.1) is 0 Å². The molecule has 1 fully saturated rings. The van der Waals surface area contributed by atoms with Gasteiger partial charge in [-0.05, 0) is 31.0 Å². The number of hydrogen-bond acceptors (Lipinski definition) is 4. The Balaban J connectivity index is 2.22. The van der Waals surface area contributed by atoms with Crippen molar-refractivity contribution < 1.29 is 23.1 Å². The minimum absolute atomic E-state index is 0.111. The lowest BCUT2D eigenvalue weighted by Crippen LogP contribution is -2.24. The van der Waals surface area contributed by atoms with Crippen molar-refractivity contribution in [3.8, 4) is 0 Å². The van der Waals surface area contributed by atoms with Gasteiger partial charge in [0.05, 0.1) is 10.5 Å². The average molecular weight is 353 g/mol. The second-order valence-electron chi connectivity index (χ2n) is 6.35. The maximum absolute atomic E-state index is 12.5. The minimum atomic E-state index is -3.57. The first-order valence-corrected chi connectivity index (χ1v) is 10.1. The normalized spacial score (nSPS) is 16.9. The van der Waals surface area contributed by atoms with E-state index >= 15 is 0 Å². The molecule has 0 unspecified atom stereocenters. The van der Waals surface area contributed by atoms with Crippen LogP contribution in [0, 0.1) is 5.92 Å². The molecule has 0 atom stereocenters. The predicted molar refractivity (Wildman–Crippen MR) is 90.9 cm³/mol. The fourth-order valence-electron chi connectivity index (χ4n) is 2.97. The molecule has 0 radical (unpaired) electrons. The molecule has 132 valence electrons. The number of carbonyl (C=O) groups is 2. The van der Waals surface area contributed by atoms with Gasteiger partial charge < -0.3 is 10.4 Å². The van der Waals surface area contributed by atoms with Crippen molar-refractivity contribution in [2.45, 2.75) is 49.8 Å². The van der Waals surface area contributed by atoms with E-state index in [1.807, 2.05) is 0 Å². The highest BCUT2D eigenvalue weighted by atomic mass is 32.2. The first kappa shape index (κ1) is 18.4. The van der Waals surface area contributed by atoms with Crippen molar-refractivity contribution in [3.05, 3.63) is 23.8 Å². The van der Waals surface area contributed by atoms with Crippen molar-refractivity contribution >= 4 is 27.4 Å². The molecule has 0 heterocycles. The molecule has 1 aliphatic carbocycles. The molecule has 0 bridgehead atoms. The first-order chi connectivity index (χ1) is 11.3. The summed E-state index contributed by atoms with van der Waals surface area (Å²) in [6, 6.07) is 3.70. The number of carbonyl (C=O) groups excluding carboxylic acids is 1. The van der Waals surface area contributed by atoms with Crippen molar-refractivity contribution in [2.24, 2.45) is 5.92 Å². The van der Waals surface area contributed by atoms with Gasteiger partial charge in [-0.25, -0.2) is 13.2 Å². The van der Waals surface area contributed by atoms with Crippen molar-refractivity contribution in [1.29, 1.82) is 0 Å². The number of hydrogen-bond donors (Lipinski definition) is 2. The van der Waals surface area contributed by atoms with Gasteiger partial charge in [-0.2, -0.15) is 0 Å². The number of carboxylic acid groups (broad SMARTS) is 1. The van der Waals surface area contributed by atoms with E-state index in [-0.39, 0.29) is 28.0 Å². The molecule has 1 aliphatic rings. The lowest BCUT2D eigenvalue weighted by molar-refractivity contribution is -0.120. The highest BCUT2D eigenvalue weighted by molar-refractivity contribution is 7.90. The molecule has 6 nitrogen and oxygen atoms in total. The van der Waals surface area contributed by atoms with Crippen LogP contribution in [0.15, 0.2) is 23.1 Å². The van der Waals surface area contributed by atoms with Gasteiger partial charge in [0.25, 0.3) is 0 Å². The van der Waals surface area contributed by atoms with Crippen molar-refractivity contribution in [3.63, 3.8) is 0 Å². The van der Waals surface area contributed by atoms with Crippen LogP contribution in [0.2, 0.25) is 0 Å².